The SMILES string of the molecule is NC1CCCC(Cc2cccc(Cl)c2Cl)C1. The lowest BCUT2D eigenvalue weighted by Gasteiger charge is -2.26. The van der Waals surface area contributed by atoms with Crippen LogP contribution in [0.1, 0.15) is 31.2 Å². The fourth-order valence-corrected chi connectivity index (χ4v) is 2.93. The van der Waals surface area contributed by atoms with Crippen LogP contribution in [-0.4, -0.2) is 6.04 Å². The molecule has 2 rings (SSSR count). The molecule has 0 spiro atoms. The molecule has 3 heteroatoms. The standard InChI is InChI=1S/C13H17Cl2N/c14-12-6-2-4-10(13(12)15)7-9-3-1-5-11(16)8-9/h2,4,6,9,11H,1,3,5,7-8,16H2. The van der Waals surface area contributed by atoms with Crippen molar-refractivity contribution >= 4 is 23.2 Å². The molecule has 0 bridgehead atoms. The maximum atomic E-state index is 6.19. The zero-order valence-corrected chi connectivity index (χ0v) is 10.8. The first-order valence-corrected chi connectivity index (χ1v) is 6.61. The first-order chi connectivity index (χ1) is 7.66. The van der Waals surface area contributed by atoms with Gasteiger partial charge >= 0.3 is 0 Å². The van der Waals surface area contributed by atoms with Crippen molar-refractivity contribution in [3.05, 3.63) is 33.8 Å². The van der Waals surface area contributed by atoms with Gasteiger partial charge in [0.1, 0.15) is 0 Å². The van der Waals surface area contributed by atoms with Crippen LogP contribution in [0.2, 0.25) is 10.0 Å². The summed E-state index contributed by atoms with van der Waals surface area (Å²) in [7, 11) is 0. The predicted molar refractivity (Wildman–Crippen MR) is 70.1 cm³/mol. The van der Waals surface area contributed by atoms with Crippen LogP contribution in [-0.2, 0) is 6.42 Å². The first-order valence-electron chi connectivity index (χ1n) is 5.85. The minimum Gasteiger partial charge on any atom is -0.328 e. The number of rotatable bonds is 2. The molecule has 1 aliphatic carbocycles. The van der Waals surface area contributed by atoms with Crippen molar-refractivity contribution in [2.45, 2.75) is 38.1 Å². The summed E-state index contributed by atoms with van der Waals surface area (Å²) in [6, 6.07) is 6.23. The normalized spacial score (nSPS) is 25.7. The number of hydrogen-bond donors (Lipinski definition) is 1. The Morgan fingerprint density at radius 3 is 2.81 bits per heavy atom. The van der Waals surface area contributed by atoms with Crippen LogP contribution in [0.25, 0.3) is 0 Å². The van der Waals surface area contributed by atoms with Crippen LogP contribution in [0.5, 0.6) is 0 Å². The lowest BCUT2D eigenvalue weighted by molar-refractivity contribution is 0.321. The molecule has 16 heavy (non-hydrogen) atoms. The van der Waals surface area contributed by atoms with Crippen LogP contribution < -0.4 is 5.73 Å². The Labute approximate surface area is 107 Å². The van der Waals surface area contributed by atoms with E-state index in [1.54, 1.807) is 0 Å². The van der Waals surface area contributed by atoms with Gasteiger partial charge in [-0.1, -0.05) is 48.2 Å². The molecule has 1 nitrogen and oxygen atoms in total. The van der Waals surface area contributed by atoms with Crippen molar-refractivity contribution in [2.75, 3.05) is 0 Å². The largest absolute Gasteiger partial charge is 0.328 e. The Bertz CT molecular complexity index is 365. The molecule has 0 aromatic heterocycles. The highest BCUT2D eigenvalue weighted by Crippen LogP contribution is 2.31. The van der Waals surface area contributed by atoms with E-state index >= 15 is 0 Å². The van der Waals surface area contributed by atoms with Crippen molar-refractivity contribution in [2.24, 2.45) is 11.7 Å². The third-order valence-electron chi connectivity index (χ3n) is 3.36. The van der Waals surface area contributed by atoms with Gasteiger partial charge in [0, 0.05) is 6.04 Å². The van der Waals surface area contributed by atoms with Gasteiger partial charge in [-0.3, -0.25) is 0 Å². The predicted octanol–water partition coefficient (Wildman–Crippen LogP) is 4.05. The molecule has 1 aromatic rings. The maximum Gasteiger partial charge on any atom is 0.0624 e. The van der Waals surface area contributed by atoms with E-state index in [9.17, 15) is 0 Å². The van der Waals surface area contributed by atoms with Crippen molar-refractivity contribution in [1.29, 1.82) is 0 Å². The fraction of sp³-hybridized carbons (Fsp3) is 0.538. The van der Waals surface area contributed by atoms with Gasteiger partial charge in [-0.2, -0.15) is 0 Å². The van der Waals surface area contributed by atoms with Crippen molar-refractivity contribution < 1.29 is 0 Å². The number of hydrogen-bond acceptors (Lipinski definition) is 1. The Kier molecular flexibility index (Phi) is 4.12. The number of nitrogens with two attached hydrogens (primary N) is 1. The second-order valence-electron chi connectivity index (χ2n) is 4.71. The molecule has 1 fully saturated rings. The van der Waals surface area contributed by atoms with Crippen molar-refractivity contribution in [3.63, 3.8) is 0 Å². The van der Waals surface area contributed by atoms with Crippen LogP contribution >= 0.6 is 23.2 Å². The first kappa shape index (κ1) is 12.2. The Morgan fingerprint density at radius 2 is 2.06 bits per heavy atom. The van der Waals surface area contributed by atoms with E-state index < -0.39 is 0 Å². The quantitative estimate of drug-likeness (QED) is 0.850. The zero-order valence-electron chi connectivity index (χ0n) is 9.26. The van der Waals surface area contributed by atoms with Crippen LogP contribution in [0.4, 0.5) is 0 Å². The van der Waals surface area contributed by atoms with Crippen molar-refractivity contribution in [1.82, 2.24) is 0 Å². The summed E-state index contributed by atoms with van der Waals surface area (Å²) in [6.07, 6.45) is 5.79. The molecule has 2 unspecified atom stereocenters. The monoisotopic (exact) mass is 257 g/mol. The molecule has 1 aliphatic rings. The molecular weight excluding hydrogens is 241 g/mol. The van der Waals surface area contributed by atoms with E-state index in [2.05, 4.69) is 6.07 Å². The second-order valence-corrected chi connectivity index (χ2v) is 5.49. The van der Waals surface area contributed by atoms with Crippen LogP contribution in [0.3, 0.4) is 0 Å². The van der Waals surface area contributed by atoms with Gasteiger partial charge in [0.05, 0.1) is 10.0 Å². The highest BCUT2D eigenvalue weighted by atomic mass is 35.5. The summed E-state index contributed by atoms with van der Waals surface area (Å²) in [4.78, 5) is 0. The lowest BCUT2D eigenvalue weighted by atomic mass is 9.82. The zero-order chi connectivity index (χ0) is 11.5. The van der Waals surface area contributed by atoms with Crippen LogP contribution in [0, 0.1) is 5.92 Å². The number of halogens is 2. The second kappa shape index (κ2) is 5.39. The summed E-state index contributed by atoms with van der Waals surface area (Å²) in [6.45, 7) is 0. The van der Waals surface area contributed by atoms with Gasteiger partial charge in [0.2, 0.25) is 0 Å². The van der Waals surface area contributed by atoms with E-state index in [4.69, 9.17) is 28.9 Å². The van der Waals surface area contributed by atoms with Gasteiger partial charge in [-0.15, -0.1) is 0 Å². The smallest absolute Gasteiger partial charge is 0.0624 e. The Hall–Kier alpha value is -0.240. The molecule has 2 N–H and O–H groups in total. The van der Waals surface area contributed by atoms with E-state index in [1.165, 1.54) is 19.3 Å². The fourth-order valence-electron chi connectivity index (χ4n) is 2.54. The van der Waals surface area contributed by atoms with Gasteiger partial charge in [-0.25, -0.2) is 0 Å². The highest BCUT2D eigenvalue weighted by Gasteiger charge is 2.20. The van der Waals surface area contributed by atoms with Gasteiger partial charge in [0.15, 0.2) is 0 Å². The topological polar surface area (TPSA) is 26.0 Å². The summed E-state index contributed by atoms with van der Waals surface area (Å²) in [5.41, 5.74) is 7.15. The molecule has 0 saturated heterocycles. The molecule has 1 saturated carbocycles. The molecule has 88 valence electrons. The van der Waals surface area contributed by atoms with Gasteiger partial charge < -0.3 is 5.73 Å². The molecule has 0 heterocycles. The Balaban J connectivity index is 2.05. The van der Waals surface area contributed by atoms with Crippen molar-refractivity contribution in [3.8, 4) is 0 Å². The molecule has 0 amide bonds. The van der Waals surface area contributed by atoms with E-state index in [-0.39, 0.29) is 0 Å². The average Bonchev–Trinajstić information content (AvgIpc) is 2.25. The van der Waals surface area contributed by atoms with Crippen LogP contribution in [0.15, 0.2) is 18.2 Å². The van der Waals surface area contributed by atoms with E-state index in [0.29, 0.717) is 22.0 Å². The molecule has 0 aliphatic heterocycles. The van der Waals surface area contributed by atoms with E-state index in [1.807, 2.05) is 12.1 Å². The molecule has 1 aromatic carbocycles. The average molecular weight is 258 g/mol. The third-order valence-corrected chi connectivity index (χ3v) is 4.22. The summed E-state index contributed by atoms with van der Waals surface area (Å²) >= 11 is 12.2. The maximum absolute atomic E-state index is 6.19. The summed E-state index contributed by atoms with van der Waals surface area (Å²) < 4.78 is 0. The third kappa shape index (κ3) is 2.91. The molecule has 2 atom stereocenters. The van der Waals surface area contributed by atoms with Gasteiger partial charge in [0.25, 0.3) is 0 Å². The lowest BCUT2D eigenvalue weighted by Crippen LogP contribution is -2.28. The summed E-state index contributed by atoms with van der Waals surface area (Å²) in [5.74, 6) is 0.666. The minimum atomic E-state index is 0.372. The highest BCUT2D eigenvalue weighted by molar-refractivity contribution is 6.42. The minimum absolute atomic E-state index is 0.372. The number of benzene rings is 1. The summed E-state index contributed by atoms with van der Waals surface area (Å²) in [5, 5.41) is 1.36. The molecule has 0 radical (unpaired) electrons. The molecular formula is C13H17Cl2N. The van der Waals surface area contributed by atoms with Gasteiger partial charge in [-0.05, 0) is 36.8 Å². The Morgan fingerprint density at radius 1 is 1.25 bits per heavy atom. The van der Waals surface area contributed by atoms with E-state index in [0.717, 1.165) is 18.4 Å².